The van der Waals surface area contributed by atoms with Crippen LogP contribution >= 0.6 is 0 Å². The number of nitrogens with one attached hydrogen (secondary N) is 1. The molecule has 0 saturated carbocycles. The number of hydrogen-bond donors (Lipinski definition) is 1. The van der Waals surface area contributed by atoms with Crippen LogP contribution in [0.4, 0.5) is 0 Å². The van der Waals surface area contributed by atoms with Crippen LogP contribution in [0, 0.1) is 0 Å². The van der Waals surface area contributed by atoms with Crippen molar-refractivity contribution in [3.8, 4) is 5.82 Å². The molecule has 0 aliphatic rings. The van der Waals surface area contributed by atoms with Crippen LogP contribution in [0.15, 0.2) is 23.8 Å². The number of rotatable bonds is 3. The van der Waals surface area contributed by atoms with Gasteiger partial charge in [-0.2, -0.15) is 4.98 Å². The summed E-state index contributed by atoms with van der Waals surface area (Å²) >= 11 is 0. The summed E-state index contributed by atoms with van der Waals surface area (Å²) in [6.07, 6.45) is 5.37. The minimum atomic E-state index is -0.319. The molecule has 8 nitrogen and oxygen atoms in total. The molecule has 3 aromatic heterocycles. The summed E-state index contributed by atoms with van der Waals surface area (Å²) in [5.41, 5.74) is 0.976. The van der Waals surface area contributed by atoms with Gasteiger partial charge in [0, 0.05) is 6.54 Å². The van der Waals surface area contributed by atoms with Crippen LogP contribution in [-0.4, -0.2) is 34.3 Å². The smallest absolute Gasteiger partial charge is 0.340 e. The van der Waals surface area contributed by atoms with Crippen LogP contribution < -0.4 is 5.69 Å². The van der Waals surface area contributed by atoms with Gasteiger partial charge in [0.1, 0.15) is 18.2 Å². The molecule has 3 heterocycles. The van der Waals surface area contributed by atoms with Gasteiger partial charge in [-0.1, -0.05) is 6.92 Å². The van der Waals surface area contributed by atoms with E-state index in [9.17, 15) is 4.79 Å². The highest BCUT2D eigenvalue weighted by Gasteiger charge is 2.13. The van der Waals surface area contributed by atoms with E-state index in [1.807, 2.05) is 6.92 Å². The molecule has 0 radical (unpaired) electrons. The lowest BCUT2D eigenvalue weighted by atomic mass is 10.4. The first-order valence-corrected chi connectivity index (χ1v) is 5.60. The average Bonchev–Trinajstić information content (AvgIpc) is 3.02. The molecule has 3 aromatic rings. The van der Waals surface area contributed by atoms with Gasteiger partial charge in [-0.25, -0.2) is 9.78 Å². The summed E-state index contributed by atoms with van der Waals surface area (Å²) in [6.45, 7) is 2.59. The third-order valence-electron chi connectivity index (χ3n) is 2.64. The maximum atomic E-state index is 12.0. The Kier molecular flexibility index (Phi) is 2.40. The zero-order chi connectivity index (χ0) is 12.5. The van der Waals surface area contributed by atoms with Crippen molar-refractivity contribution in [3.63, 3.8) is 0 Å². The zero-order valence-corrected chi connectivity index (χ0v) is 9.74. The predicted molar refractivity (Wildman–Crippen MR) is 63.4 cm³/mol. The number of aromatic amines is 1. The van der Waals surface area contributed by atoms with E-state index >= 15 is 0 Å². The second-order valence-corrected chi connectivity index (χ2v) is 3.84. The Morgan fingerprint density at radius 2 is 2.11 bits per heavy atom. The Hall–Kier alpha value is -2.51. The first kappa shape index (κ1) is 10.6. The number of hydrogen-bond acceptors (Lipinski definition) is 5. The van der Waals surface area contributed by atoms with Gasteiger partial charge in [-0.05, 0) is 6.42 Å². The van der Waals surface area contributed by atoms with Crippen molar-refractivity contribution >= 4 is 11.2 Å². The summed E-state index contributed by atoms with van der Waals surface area (Å²) in [4.78, 5) is 23.2. The average molecular weight is 245 g/mol. The summed E-state index contributed by atoms with van der Waals surface area (Å²) in [5, 5.41) is 7.42. The molecule has 18 heavy (non-hydrogen) atoms. The van der Waals surface area contributed by atoms with Crippen molar-refractivity contribution in [1.82, 2.24) is 34.3 Å². The highest BCUT2D eigenvalue weighted by atomic mass is 16.1. The van der Waals surface area contributed by atoms with Gasteiger partial charge in [0.25, 0.3) is 0 Å². The minimum Gasteiger partial charge on any atom is -0.340 e. The molecule has 0 spiro atoms. The maximum absolute atomic E-state index is 12.0. The first-order valence-electron chi connectivity index (χ1n) is 5.60. The molecule has 0 aliphatic carbocycles. The molecule has 0 aliphatic heterocycles. The SMILES string of the molecule is CCCn1c(=O)nc(-n2cnnc2)c2[nH]cnc21. The molecule has 0 amide bonds. The third-order valence-corrected chi connectivity index (χ3v) is 2.64. The van der Waals surface area contributed by atoms with Crippen molar-refractivity contribution in [2.75, 3.05) is 0 Å². The molecule has 1 N–H and O–H groups in total. The van der Waals surface area contributed by atoms with Gasteiger partial charge >= 0.3 is 5.69 Å². The normalized spacial score (nSPS) is 11.2. The monoisotopic (exact) mass is 245 g/mol. The summed E-state index contributed by atoms with van der Waals surface area (Å²) in [6, 6.07) is 0. The van der Waals surface area contributed by atoms with Crippen molar-refractivity contribution in [2.24, 2.45) is 0 Å². The molecule has 8 heteroatoms. The molecular formula is C10H11N7O. The van der Waals surface area contributed by atoms with E-state index in [1.165, 1.54) is 12.7 Å². The fourth-order valence-electron chi connectivity index (χ4n) is 1.88. The Morgan fingerprint density at radius 1 is 1.33 bits per heavy atom. The molecule has 0 unspecified atom stereocenters. The standard InChI is InChI=1S/C10H11N7O/c1-2-3-17-8-7(11-4-12-8)9(15-10(17)18)16-5-13-14-6-16/h4-6H,2-3H2,1H3,(H,11,12). The van der Waals surface area contributed by atoms with Crippen LogP contribution in [0.5, 0.6) is 0 Å². The number of nitrogens with zero attached hydrogens (tertiary/aromatic N) is 6. The lowest BCUT2D eigenvalue weighted by molar-refractivity contribution is 0.652. The van der Waals surface area contributed by atoms with Gasteiger partial charge < -0.3 is 4.98 Å². The van der Waals surface area contributed by atoms with Crippen molar-refractivity contribution < 1.29 is 0 Å². The molecule has 0 bridgehead atoms. The van der Waals surface area contributed by atoms with Crippen LogP contribution in [-0.2, 0) is 6.54 Å². The van der Waals surface area contributed by atoms with Gasteiger partial charge in [0.05, 0.1) is 6.33 Å². The number of aromatic nitrogens is 7. The molecule has 0 atom stereocenters. The van der Waals surface area contributed by atoms with E-state index in [-0.39, 0.29) is 5.69 Å². The van der Waals surface area contributed by atoms with E-state index in [0.29, 0.717) is 23.5 Å². The lowest BCUT2D eigenvalue weighted by Gasteiger charge is -2.07. The van der Waals surface area contributed by atoms with E-state index in [2.05, 4.69) is 25.1 Å². The quantitative estimate of drug-likeness (QED) is 0.706. The second-order valence-electron chi connectivity index (χ2n) is 3.84. The first-order chi connectivity index (χ1) is 8.81. The van der Waals surface area contributed by atoms with Crippen molar-refractivity contribution in [2.45, 2.75) is 19.9 Å². The second kappa shape index (κ2) is 4.06. The fraction of sp³-hybridized carbons (Fsp3) is 0.300. The molecule has 0 fully saturated rings. The molecule has 3 rings (SSSR count). The highest BCUT2D eigenvalue weighted by molar-refractivity contribution is 5.78. The van der Waals surface area contributed by atoms with E-state index in [4.69, 9.17) is 0 Å². The fourth-order valence-corrected chi connectivity index (χ4v) is 1.88. The highest BCUT2D eigenvalue weighted by Crippen LogP contribution is 2.14. The van der Waals surface area contributed by atoms with Gasteiger partial charge in [0.15, 0.2) is 11.5 Å². The Bertz CT molecular complexity index is 724. The third kappa shape index (κ3) is 1.50. The number of aryl methyl sites for hydroxylation is 1. The van der Waals surface area contributed by atoms with Crippen LogP contribution in [0.2, 0.25) is 0 Å². The molecule has 0 aromatic carbocycles. The predicted octanol–water partition coefficient (Wildman–Crippen LogP) is 0.110. The molecule has 92 valence electrons. The Morgan fingerprint density at radius 3 is 2.83 bits per heavy atom. The number of imidazole rings is 1. The van der Waals surface area contributed by atoms with E-state index in [0.717, 1.165) is 6.42 Å². The number of H-pyrrole nitrogens is 1. The molecule has 0 saturated heterocycles. The Labute approximate surface area is 101 Å². The summed E-state index contributed by atoms with van der Waals surface area (Å²) in [5.74, 6) is 0.463. The zero-order valence-electron chi connectivity index (χ0n) is 9.74. The van der Waals surface area contributed by atoms with Gasteiger partial charge in [0.2, 0.25) is 0 Å². The summed E-state index contributed by atoms with van der Waals surface area (Å²) < 4.78 is 3.14. The lowest BCUT2D eigenvalue weighted by Crippen LogP contribution is -2.25. The van der Waals surface area contributed by atoms with Crippen LogP contribution in [0.3, 0.4) is 0 Å². The Balaban J connectivity index is 2.33. The minimum absolute atomic E-state index is 0.319. The summed E-state index contributed by atoms with van der Waals surface area (Å²) in [7, 11) is 0. The van der Waals surface area contributed by atoms with Crippen molar-refractivity contribution in [3.05, 3.63) is 29.5 Å². The van der Waals surface area contributed by atoms with Crippen LogP contribution in [0.25, 0.3) is 17.0 Å². The number of fused-ring (bicyclic) bond motifs is 1. The van der Waals surface area contributed by atoms with E-state index in [1.54, 1.807) is 15.5 Å². The van der Waals surface area contributed by atoms with E-state index < -0.39 is 0 Å². The largest absolute Gasteiger partial charge is 0.351 e. The van der Waals surface area contributed by atoms with Crippen LogP contribution in [0.1, 0.15) is 13.3 Å². The van der Waals surface area contributed by atoms with Gasteiger partial charge in [-0.15, -0.1) is 10.2 Å². The topological polar surface area (TPSA) is 94.3 Å². The molecular weight excluding hydrogens is 234 g/mol. The van der Waals surface area contributed by atoms with Gasteiger partial charge in [-0.3, -0.25) is 9.13 Å². The van der Waals surface area contributed by atoms with Crippen molar-refractivity contribution in [1.29, 1.82) is 0 Å². The maximum Gasteiger partial charge on any atom is 0.351 e.